The Morgan fingerprint density at radius 2 is 1.77 bits per heavy atom. The molecule has 2 aromatic heterocycles. The van der Waals surface area contributed by atoms with Gasteiger partial charge in [0.1, 0.15) is 0 Å². The predicted molar refractivity (Wildman–Crippen MR) is 104 cm³/mol. The van der Waals surface area contributed by atoms with E-state index in [-0.39, 0.29) is 0 Å². The van der Waals surface area contributed by atoms with E-state index in [2.05, 4.69) is 56.9 Å². The average molecular weight is 349 g/mol. The lowest BCUT2D eigenvalue weighted by Crippen LogP contribution is -2.31. The van der Waals surface area contributed by atoms with Gasteiger partial charge in [0.15, 0.2) is 0 Å². The van der Waals surface area contributed by atoms with Gasteiger partial charge in [0.25, 0.3) is 0 Å². The second kappa shape index (κ2) is 7.87. The van der Waals surface area contributed by atoms with Gasteiger partial charge in [-0.25, -0.2) is 9.67 Å². The van der Waals surface area contributed by atoms with Crippen LogP contribution in [0, 0.1) is 6.92 Å². The Morgan fingerprint density at radius 3 is 2.58 bits per heavy atom. The Balaban J connectivity index is 1.42. The van der Waals surface area contributed by atoms with Gasteiger partial charge in [-0.1, -0.05) is 24.1 Å². The first-order valence-electron chi connectivity index (χ1n) is 9.64. The number of imidazole rings is 1. The van der Waals surface area contributed by atoms with Gasteiger partial charge in [0.05, 0.1) is 30.1 Å². The molecule has 4 rings (SSSR count). The quantitative estimate of drug-likeness (QED) is 0.677. The molecule has 5 nitrogen and oxygen atoms in total. The molecule has 0 unspecified atom stereocenters. The molecule has 0 bridgehead atoms. The van der Waals surface area contributed by atoms with E-state index < -0.39 is 0 Å². The van der Waals surface area contributed by atoms with E-state index in [9.17, 15) is 0 Å². The van der Waals surface area contributed by atoms with Crippen LogP contribution in [0.25, 0.3) is 16.9 Å². The van der Waals surface area contributed by atoms with Crippen molar-refractivity contribution in [2.75, 3.05) is 19.6 Å². The van der Waals surface area contributed by atoms with E-state index in [1.807, 2.05) is 23.4 Å². The standard InChI is InChI=1S/C21H27N5/c1-18-6-8-20(9-7-18)26-16-19(14-23-26)21-15-22-17-25(21)13-5-12-24-10-3-2-4-11-24/h6-9,14-17H,2-5,10-13H2,1H3. The highest BCUT2D eigenvalue weighted by Crippen LogP contribution is 2.21. The third-order valence-electron chi connectivity index (χ3n) is 5.21. The molecule has 1 aromatic carbocycles. The summed E-state index contributed by atoms with van der Waals surface area (Å²) in [5.74, 6) is 0. The van der Waals surface area contributed by atoms with Crippen LogP contribution >= 0.6 is 0 Å². The second-order valence-electron chi connectivity index (χ2n) is 7.24. The minimum atomic E-state index is 1.00. The van der Waals surface area contributed by atoms with Crippen molar-refractivity contribution in [1.29, 1.82) is 0 Å². The van der Waals surface area contributed by atoms with Crippen LogP contribution in [0.1, 0.15) is 31.2 Å². The van der Waals surface area contributed by atoms with Crippen LogP contribution < -0.4 is 0 Å². The maximum Gasteiger partial charge on any atom is 0.0950 e. The van der Waals surface area contributed by atoms with Crippen molar-refractivity contribution in [3.05, 3.63) is 54.7 Å². The summed E-state index contributed by atoms with van der Waals surface area (Å²) in [6, 6.07) is 8.42. The molecule has 0 spiro atoms. The van der Waals surface area contributed by atoms with Gasteiger partial charge in [0.2, 0.25) is 0 Å². The van der Waals surface area contributed by atoms with E-state index in [1.165, 1.54) is 44.5 Å². The van der Waals surface area contributed by atoms with Gasteiger partial charge in [-0.2, -0.15) is 5.10 Å². The number of hydrogen-bond acceptors (Lipinski definition) is 3. The summed E-state index contributed by atoms with van der Waals surface area (Å²) in [5.41, 5.74) is 4.59. The second-order valence-corrected chi connectivity index (χ2v) is 7.24. The van der Waals surface area contributed by atoms with Crippen molar-refractivity contribution in [3.63, 3.8) is 0 Å². The third-order valence-corrected chi connectivity index (χ3v) is 5.21. The molecule has 3 heterocycles. The molecule has 0 N–H and O–H groups in total. The summed E-state index contributed by atoms with van der Waals surface area (Å²) in [6.45, 7) is 6.81. The smallest absolute Gasteiger partial charge is 0.0950 e. The number of benzene rings is 1. The van der Waals surface area contributed by atoms with Crippen molar-refractivity contribution in [3.8, 4) is 16.9 Å². The van der Waals surface area contributed by atoms with Crippen LogP contribution in [-0.4, -0.2) is 43.9 Å². The molecular formula is C21H27N5. The fraction of sp³-hybridized carbons (Fsp3) is 0.429. The highest BCUT2D eigenvalue weighted by Gasteiger charge is 2.11. The normalized spacial score (nSPS) is 15.4. The Morgan fingerprint density at radius 1 is 0.962 bits per heavy atom. The molecule has 0 atom stereocenters. The molecule has 1 saturated heterocycles. The van der Waals surface area contributed by atoms with Gasteiger partial charge < -0.3 is 9.47 Å². The molecule has 26 heavy (non-hydrogen) atoms. The first-order chi connectivity index (χ1) is 12.8. The predicted octanol–water partition coefficient (Wildman–Crippen LogP) is 3.92. The summed E-state index contributed by atoms with van der Waals surface area (Å²) < 4.78 is 4.18. The van der Waals surface area contributed by atoms with Gasteiger partial charge in [-0.05, 0) is 58.0 Å². The molecule has 0 saturated carbocycles. The fourth-order valence-electron chi connectivity index (χ4n) is 3.68. The molecular weight excluding hydrogens is 322 g/mol. The molecule has 0 amide bonds. The van der Waals surface area contributed by atoms with Crippen LogP contribution in [0.3, 0.4) is 0 Å². The fourth-order valence-corrected chi connectivity index (χ4v) is 3.68. The Bertz CT molecular complexity index is 824. The average Bonchev–Trinajstić information content (AvgIpc) is 3.32. The zero-order chi connectivity index (χ0) is 17.8. The number of nitrogens with zero attached hydrogens (tertiary/aromatic N) is 5. The third kappa shape index (κ3) is 3.88. The zero-order valence-corrected chi connectivity index (χ0v) is 15.5. The van der Waals surface area contributed by atoms with Crippen LogP contribution in [-0.2, 0) is 6.54 Å². The number of likely N-dealkylation sites (tertiary alicyclic amines) is 1. The highest BCUT2D eigenvalue weighted by atomic mass is 15.3. The van der Waals surface area contributed by atoms with E-state index in [1.54, 1.807) is 0 Å². The summed E-state index contributed by atoms with van der Waals surface area (Å²) >= 11 is 0. The Kier molecular flexibility index (Phi) is 5.16. The first kappa shape index (κ1) is 17.0. The lowest BCUT2D eigenvalue weighted by atomic mass is 10.1. The van der Waals surface area contributed by atoms with Gasteiger partial charge in [-0.3, -0.25) is 0 Å². The number of aromatic nitrogens is 4. The maximum absolute atomic E-state index is 4.53. The molecule has 1 fully saturated rings. The van der Waals surface area contributed by atoms with E-state index in [0.29, 0.717) is 0 Å². The molecule has 1 aliphatic heterocycles. The lowest BCUT2D eigenvalue weighted by molar-refractivity contribution is 0.223. The first-order valence-corrected chi connectivity index (χ1v) is 9.64. The topological polar surface area (TPSA) is 38.9 Å². The van der Waals surface area contributed by atoms with Crippen molar-refractivity contribution >= 4 is 0 Å². The van der Waals surface area contributed by atoms with Crippen molar-refractivity contribution < 1.29 is 0 Å². The van der Waals surface area contributed by atoms with Crippen LogP contribution in [0.15, 0.2) is 49.2 Å². The SMILES string of the molecule is Cc1ccc(-n2cc(-c3cncn3CCCN3CCCCC3)cn2)cc1. The summed E-state index contributed by atoms with van der Waals surface area (Å²) in [7, 11) is 0. The molecule has 0 radical (unpaired) electrons. The molecule has 0 aliphatic carbocycles. The molecule has 136 valence electrons. The zero-order valence-electron chi connectivity index (χ0n) is 15.5. The van der Waals surface area contributed by atoms with Crippen molar-refractivity contribution in [1.82, 2.24) is 24.2 Å². The number of rotatable bonds is 6. The number of hydrogen-bond donors (Lipinski definition) is 0. The van der Waals surface area contributed by atoms with Crippen LogP contribution in [0.5, 0.6) is 0 Å². The van der Waals surface area contributed by atoms with E-state index in [0.717, 1.165) is 29.9 Å². The monoisotopic (exact) mass is 349 g/mol. The van der Waals surface area contributed by atoms with Crippen LogP contribution in [0.4, 0.5) is 0 Å². The van der Waals surface area contributed by atoms with E-state index in [4.69, 9.17) is 0 Å². The van der Waals surface area contributed by atoms with Crippen molar-refractivity contribution in [2.24, 2.45) is 0 Å². The summed E-state index contributed by atoms with van der Waals surface area (Å²) in [5, 5.41) is 4.53. The van der Waals surface area contributed by atoms with Crippen molar-refractivity contribution in [2.45, 2.75) is 39.2 Å². The van der Waals surface area contributed by atoms with E-state index >= 15 is 0 Å². The van der Waals surface area contributed by atoms with Gasteiger partial charge in [0, 0.05) is 18.3 Å². The highest BCUT2D eigenvalue weighted by molar-refractivity contribution is 5.57. The largest absolute Gasteiger partial charge is 0.330 e. The van der Waals surface area contributed by atoms with Gasteiger partial charge >= 0.3 is 0 Å². The lowest BCUT2D eigenvalue weighted by Gasteiger charge is -2.26. The molecule has 1 aliphatic rings. The Labute approximate surface area is 155 Å². The minimum Gasteiger partial charge on any atom is -0.330 e. The van der Waals surface area contributed by atoms with Gasteiger partial charge in [-0.15, -0.1) is 0 Å². The van der Waals surface area contributed by atoms with Crippen LogP contribution in [0.2, 0.25) is 0 Å². The minimum absolute atomic E-state index is 1.00. The number of aryl methyl sites for hydroxylation is 2. The molecule has 3 aromatic rings. The maximum atomic E-state index is 4.53. The molecule has 5 heteroatoms. The summed E-state index contributed by atoms with van der Waals surface area (Å²) in [6.07, 6.45) is 13.2. The Hall–Kier alpha value is -2.40. The number of piperidine rings is 1. The summed E-state index contributed by atoms with van der Waals surface area (Å²) in [4.78, 5) is 6.96.